The van der Waals surface area contributed by atoms with Crippen LogP contribution >= 0.6 is 0 Å². The smallest absolute Gasteiger partial charge is 0.258 e. The van der Waals surface area contributed by atoms with Crippen LogP contribution in [-0.2, 0) is 6.42 Å². The second kappa shape index (κ2) is 5.72. The molecule has 0 spiro atoms. The van der Waals surface area contributed by atoms with Gasteiger partial charge in [0.1, 0.15) is 5.82 Å². The van der Waals surface area contributed by atoms with Gasteiger partial charge in [0.15, 0.2) is 5.78 Å². The minimum absolute atomic E-state index is 0.0356. The number of nitrogens with zero attached hydrogens (tertiary/aromatic N) is 1. The summed E-state index contributed by atoms with van der Waals surface area (Å²) in [4.78, 5) is 25.9. The molecule has 22 heavy (non-hydrogen) atoms. The second-order valence-corrected chi connectivity index (χ2v) is 5.47. The lowest BCUT2D eigenvalue weighted by molar-refractivity contribution is 0.0981. The highest BCUT2D eigenvalue weighted by molar-refractivity contribution is 6.07. The zero-order valence-electron chi connectivity index (χ0n) is 12.3. The third-order valence-electron chi connectivity index (χ3n) is 3.93. The summed E-state index contributed by atoms with van der Waals surface area (Å²) in [5, 5.41) is 0. The Morgan fingerprint density at radius 2 is 1.91 bits per heavy atom. The van der Waals surface area contributed by atoms with Crippen molar-refractivity contribution in [3.8, 4) is 0 Å². The van der Waals surface area contributed by atoms with Crippen molar-refractivity contribution in [3.05, 3.63) is 65.0 Å². The van der Waals surface area contributed by atoms with Gasteiger partial charge in [-0.2, -0.15) is 0 Å². The molecule has 112 valence electrons. The number of carbonyl (C=O) groups is 2. The van der Waals surface area contributed by atoms with Crippen LogP contribution in [0.2, 0.25) is 0 Å². The first-order valence-corrected chi connectivity index (χ1v) is 7.27. The zero-order valence-corrected chi connectivity index (χ0v) is 12.3. The van der Waals surface area contributed by atoms with Gasteiger partial charge >= 0.3 is 0 Å². The van der Waals surface area contributed by atoms with Crippen LogP contribution in [0, 0.1) is 5.82 Å². The number of carbonyl (C=O) groups excluding carboxylic acids is 2. The fourth-order valence-corrected chi connectivity index (χ4v) is 2.78. The van der Waals surface area contributed by atoms with Crippen LogP contribution in [0.15, 0.2) is 42.5 Å². The number of rotatable bonds is 2. The van der Waals surface area contributed by atoms with Gasteiger partial charge in [-0.1, -0.05) is 18.2 Å². The number of anilines is 1. The Kier molecular flexibility index (Phi) is 3.75. The summed E-state index contributed by atoms with van der Waals surface area (Å²) in [7, 11) is 0. The first kappa shape index (κ1) is 14.4. The van der Waals surface area contributed by atoms with Gasteiger partial charge in [0, 0.05) is 23.4 Å². The Morgan fingerprint density at radius 1 is 1.09 bits per heavy atom. The molecule has 2 aromatic carbocycles. The van der Waals surface area contributed by atoms with E-state index in [1.54, 1.807) is 23.1 Å². The first-order chi connectivity index (χ1) is 10.6. The van der Waals surface area contributed by atoms with Crippen molar-refractivity contribution < 1.29 is 14.0 Å². The van der Waals surface area contributed by atoms with Gasteiger partial charge < -0.3 is 4.90 Å². The minimum atomic E-state index is -0.430. The van der Waals surface area contributed by atoms with E-state index in [-0.39, 0.29) is 11.7 Å². The molecule has 0 fully saturated rings. The molecular formula is C18H16FNO2. The average Bonchev–Trinajstić information content (AvgIpc) is 2.53. The van der Waals surface area contributed by atoms with Crippen LogP contribution in [0.3, 0.4) is 0 Å². The molecule has 1 aliphatic rings. The van der Waals surface area contributed by atoms with E-state index in [0.29, 0.717) is 17.7 Å². The lowest BCUT2D eigenvalue weighted by Crippen LogP contribution is -2.35. The quantitative estimate of drug-likeness (QED) is 0.794. The van der Waals surface area contributed by atoms with Gasteiger partial charge in [-0.25, -0.2) is 4.39 Å². The Bertz CT molecular complexity index is 755. The SMILES string of the molecule is CC(=O)c1ccc2c(c1)N(C(=O)c1cccc(F)c1)CCC2. The highest BCUT2D eigenvalue weighted by atomic mass is 19.1. The van der Waals surface area contributed by atoms with Gasteiger partial charge in [0.25, 0.3) is 5.91 Å². The summed E-state index contributed by atoms with van der Waals surface area (Å²) in [5.74, 6) is -0.701. The molecule has 0 N–H and O–H groups in total. The number of aryl methyl sites for hydroxylation is 1. The van der Waals surface area contributed by atoms with Crippen LogP contribution in [0.4, 0.5) is 10.1 Å². The summed E-state index contributed by atoms with van der Waals surface area (Å²) in [6.45, 7) is 2.08. The van der Waals surface area contributed by atoms with Crippen molar-refractivity contribution in [2.75, 3.05) is 11.4 Å². The van der Waals surface area contributed by atoms with E-state index in [1.165, 1.54) is 25.1 Å². The highest BCUT2D eigenvalue weighted by Crippen LogP contribution is 2.29. The standard InChI is InChI=1S/C18H16FNO2/c1-12(21)14-8-7-13-5-3-9-20(17(13)11-14)18(22)15-4-2-6-16(19)10-15/h2,4,6-8,10-11H,3,5,9H2,1H3. The lowest BCUT2D eigenvalue weighted by atomic mass is 9.97. The third kappa shape index (κ3) is 2.64. The largest absolute Gasteiger partial charge is 0.308 e. The number of benzene rings is 2. The number of hydrogen-bond acceptors (Lipinski definition) is 2. The van der Waals surface area contributed by atoms with Crippen LogP contribution in [0.25, 0.3) is 0 Å². The van der Waals surface area contributed by atoms with E-state index in [1.807, 2.05) is 6.07 Å². The van der Waals surface area contributed by atoms with Crippen molar-refractivity contribution in [2.45, 2.75) is 19.8 Å². The van der Waals surface area contributed by atoms with E-state index in [2.05, 4.69) is 0 Å². The Balaban J connectivity index is 2.02. The predicted octanol–water partition coefficient (Wildman–Crippen LogP) is 3.62. The van der Waals surface area contributed by atoms with Gasteiger partial charge in [0.05, 0.1) is 0 Å². The summed E-state index contributed by atoms with van der Waals surface area (Å²) in [6, 6.07) is 11.1. The molecule has 0 radical (unpaired) electrons. The van der Waals surface area contributed by atoms with Gasteiger partial charge in [0.2, 0.25) is 0 Å². The number of hydrogen-bond donors (Lipinski definition) is 0. The van der Waals surface area contributed by atoms with E-state index in [0.717, 1.165) is 24.1 Å². The minimum Gasteiger partial charge on any atom is -0.308 e. The summed E-state index contributed by atoms with van der Waals surface area (Å²) >= 11 is 0. The van der Waals surface area contributed by atoms with E-state index in [9.17, 15) is 14.0 Å². The second-order valence-electron chi connectivity index (χ2n) is 5.47. The van der Waals surface area contributed by atoms with E-state index < -0.39 is 5.82 Å². The van der Waals surface area contributed by atoms with Crippen molar-refractivity contribution >= 4 is 17.4 Å². The number of fused-ring (bicyclic) bond motifs is 1. The number of ketones is 1. The predicted molar refractivity (Wildman–Crippen MR) is 82.8 cm³/mol. The van der Waals surface area contributed by atoms with Crippen molar-refractivity contribution in [3.63, 3.8) is 0 Å². The monoisotopic (exact) mass is 297 g/mol. The zero-order chi connectivity index (χ0) is 15.7. The molecule has 0 atom stereocenters. The average molecular weight is 297 g/mol. The molecule has 3 rings (SSSR count). The summed E-state index contributed by atoms with van der Waals surface area (Å²) in [6.07, 6.45) is 1.73. The molecule has 0 saturated heterocycles. The molecule has 1 amide bonds. The Morgan fingerprint density at radius 3 is 2.64 bits per heavy atom. The molecule has 1 aliphatic heterocycles. The third-order valence-corrected chi connectivity index (χ3v) is 3.93. The fourth-order valence-electron chi connectivity index (χ4n) is 2.78. The first-order valence-electron chi connectivity index (χ1n) is 7.27. The molecular weight excluding hydrogens is 281 g/mol. The molecule has 4 heteroatoms. The van der Waals surface area contributed by atoms with E-state index >= 15 is 0 Å². The van der Waals surface area contributed by atoms with Crippen molar-refractivity contribution in [1.82, 2.24) is 0 Å². The number of Topliss-reactive ketones (excluding diaryl/α,β-unsaturated/α-hetero) is 1. The maximum absolute atomic E-state index is 13.3. The number of amides is 1. The van der Waals surface area contributed by atoms with Crippen LogP contribution in [0.1, 0.15) is 39.6 Å². The molecule has 0 saturated carbocycles. The molecule has 1 heterocycles. The Hall–Kier alpha value is -2.49. The highest BCUT2D eigenvalue weighted by Gasteiger charge is 2.24. The molecule has 2 aromatic rings. The maximum atomic E-state index is 13.3. The van der Waals surface area contributed by atoms with Crippen LogP contribution in [-0.4, -0.2) is 18.2 Å². The van der Waals surface area contributed by atoms with Crippen LogP contribution < -0.4 is 4.90 Å². The topological polar surface area (TPSA) is 37.4 Å². The summed E-state index contributed by atoms with van der Waals surface area (Å²) in [5.41, 5.74) is 2.70. The normalized spacial score (nSPS) is 13.6. The molecule has 0 unspecified atom stereocenters. The lowest BCUT2D eigenvalue weighted by Gasteiger charge is -2.30. The summed E-state index contributed by atoms with van der Waals surface area (Å²) < 4.78 is 13.3. The van der Waals surface area contributed by atoms with E-state index in [4.69, 9.17) is 0 Å². The van der Waals surface area contributed by atoms with Gasteiger partial charge in [-0.15, -0.1) is 0 Å². The van der Waals surface area contributed by atoms with Crippen LogP contribution in [0.5, 0.6) is 0 Å². The van der Waals surface area contributed by atoms with Crippen molar-refractivity contribution in [2.24, 2.45) is 0 Å². The molecule has 0 aromatic heterocycles. The maximum Gasteiger partial charge on any atom is 0.258 e. The molecule has 3 nitrogen and oxygen atoms in total. The molecule has 0 aliphatic carbocycles. The van der Waals surface area contributed by atoms with Crippen molar-refractivity contribution in [1.29, 1.82) is 0 Å². The van der Waals surface area contributed by atoms with Gasteiger partial charge in [-0.05, 0) is 49.6 Å². The molecule has 0 bridgehead atoms. The van der Waals surface area contributed by atoms with Gasteiger partial charge in [-0.3, -0.25) is 9.59 Å². The fraction of sp³-hybridized carbons (Fsp3) is 0.222. The Labute approximate surface area is 128 Å². The number of halogens is 1.